The summed E-state index contributed by atoms with van der Waals surface area (Å²) in [5, 5.41) is 9.73. The van der Waals surface area contributed by atoms with Gasteiger partial charge in [0.05, 0.1) is 37.1 Å². The topological polar surface area (TPSA) is 87.7 Å². The number of fused-ring (bicyclic) bond motifs is 2. The summed E-state index contributed by atoms with van der Waals surface area (Å²) < 4.78 is 104. The first-order valence-electron chi connectivity index (χ1n) is 13.4. The molecule has 43 heavy (non-hydrogen) atoms. The average molecular weight is 839 g/mol. The van der Waals surface area contributed by atoms with Gasteiger partial charge in [-0.15, -0.1) is 6.42 Å². The Morgan fingerprint density at radius 1 is 1.07 bits per heavy atom. The quantitative estimate of drug-likeness (QED) is 0.194. The number of nitrogens with zero attached hydrogens (tertiary/aromatic N) is 4. The van der Waals surface area contributed by atoms with E-state index in [1.807, 2.05) is 0 Å². The second-order valence-electron chi connectivity index (χ2n) is 10.6. The van der Waals surface area contributed by atoms with E-state index in [4.69, 9.17) is 10.5 Å². The smallest absolute Gasteiger partial charge is 0.417 e. The molecule has 2 aromatic carbocycles. The molecule has 3 saturated heterocycles. The van der Waals surface area contributed by atoms with E-state index in [0.717, 1.165) is 44.5 Å². The zero-order chi connectivity index (χ0) is 30.3. The van der Waals surface area contributed by atoms with Crippen molar-refractivity contribution in [1.82, 2.24) is 14.9 Å². The van der Waals surface area contributed by atoms with E-state index < -0.39 is 58.4 Å². The molecule has 3 aliphatic rings. The minimum atomic E-state index is -4.93. The van der Waals surface area contributed by atoms with E-state index in [-0.39, 0.29) is 79.9 Å². The number of anilines is 2. The third-order valence-corrected chi connectivity index (χ3v) is 7.50. The van der Waals surface area contributed by atoms with Gasteiger partial charge in [0, 0.05) is 54.3 Å². The predicted molar refractivity (Wildman–Crippen MR) is 142 cm³/mol. The van der Waals surface area contributed by atoms with Crippen LogP contribution < -0.4 is 10.6 Å². The summed E-state index contributed by atoms with van der Waals surface area (Å²) in [5.74, 6) is -2.94. The molecular weight excluding hydrogens is 809 g/mol. The van der Waals surface area contributed by atoms with Gasteiger partial charge in [-0.1, -0.05) is 6.42 Å². The molecule has 0 saturated carbocycles. The van der Waals surface area contributed by atoms with Crippen molar-refractivity contribution in [3.63, 3.8) is 0 Å². The monoisotopic (exact) mass is 838 g/mol. The van der Waals surface area contributed by atoms with Crippen LogP contribution in [0.3, 0.4) is 0 Å². The van der Waals surface area contributed by atoms with Crippen molar-refractivity contribution in [3.8, 4) is 17.1 Å². The molecule has 0 bridgehead atoms. The van der Waals surface area contributed by atoms with Crippen LogP contribution in [0.1, 0.15) is 30.4 Å². The van der Waals surface area contributed by atoms with Crippen LogP contribution in [0, 0.1) is 55.7 Å². The van der Waals surface area contributed by atoms with E-state index >= 15 is 8.78 Å². The fourth-order valence-corrected chi connectivity index (χ4v) is 5.81. The van der Waals surface area contributed by atoms with E-state index in [2.05, 4.69) is 14.9 Å². The van der Waals surface area contributed by atoms with Crippen LogP contribution in [0.15, 0.2) is 18.2 Å². The first-order valence-corrected chi connectivity index (χ1v) is 13.4. The maximum atomic E-state index is 15.6. The average Bonchev–Trinajstić information content (AvgIpc) is 3.38. The van der Waals surface area contributed by atoms with Crippen molar-refractivity contribution >= 4 is 22.4 Å². The van der Waals surface area contributed by atoms with Gasteiger partial charge >= 0.3 is 12.2 Å². The minimum absolute atomic E-state index is 0. The third-order valence-electron chi connectivity index (χ3n) is 7.50. The Kier molecular flexibility index (Phi) is 10.4. The Bertz CT molecular complexity index is 1470. The maximum Gasteiger partial charge on any atom is 0.417 e. The Labute approximate surface area is 267 Å². The van der Waals surface area contributed by atoms with Crippen molar-refractivity contribution in [2.24, 2.45) is 0 Å². The van der Waals surface area contributed by atoms with Gasteiger partial charge in [0.1, 0.15) is 23.3 Å². The van der Waals surface area contributed by atoms with Gasteiger partial charge in [0.15, 0.2) is 5.82 Å². The maximum absolute atomic E-state index is 15.6. The molecule has 15 heteroatoms. The number of halogens is 7. The molecule has 0 radical (unpaired) electrons. The number of ether oxygens (including phenoxy) is 1. The van der Waals surface area contributed by atoms with Gasteiger partial charge in [-0.3, -0.25) is 0 Å². The number of hydrogen-bond acceptors (Lipinski definition) is 7. The van der Waals surface area contributed by atoms with E-state index in [0.29, 0.717) is 6.54 Å². The molecule has 3 N–H and O–H groups in total. The largest absolute Gasteiger partial charge is 0.479 e. The summed E-state index contributed by atoms with van der Waals surface area (Å²) in [4.78, 5) is 10.9. The molecule has 3 aromatic rings. The molecule has 6 rings (SSSR count). The molecule has 7 nitrogen and oxygen atoms in total. The summed E-state index contributed by atoms with van der Waals surface area (Å²) in [6.07, 6.45) is -3.79. The first kappa shape index (κ1) is 33.6. The Balaban J connectivity index is 0.000000358. The number of aromatic hydroxyl groups is 1. The van der Waals surface area contributed by atoms with E-state index in [1.54, 1.807) is 0 Å². The summed E-state index contributed by atoms with van der Waals surface area (Å²) >= 11 is 0. The van der Waals surface area contributed by atoms with Crippen LogP contribution in [0.2, 0.25) is 0 Å². The predicted octanol–water partition coefficient (Wildman–Crippen LogP) is 5.72. The summed E-state index contributed by atoms with van der Waals surface area (Å²) in [6.45, 7) is 2.68. The van der Waals surface area contributed by atoms with Gasteiger partial charge in [0.25, 0.3) is 0 Å². The summed E-state index contributed by atoms with van der Waals surface area (Å²) in [5.41, 5.74) is 1.54. The molecule has 232 valence electrons. The number of nitrogens with two attached hydrogens (primary N) is 1. The molecule has 0 aliphatic carbocycles. The molecule has 2 atom stereocenters. The van der Waals surface area contributed by atoms with Crippen molar-refractivity contribution in [2.45, 2.75) is 44.7 Å². The number of rotatable bonds is 2. The van der Waals surface area contributed by atoms with Gasteiger partial charge < -0.3 is 25.4 Å². The summed E-state index contributed by atoms with van der Waals surface area (Å²) in [7, 11) is 0. The number of aryl methyl sites for hydroxylation is 1. The molecular formula is C28H29F7N5O2U-. The zero-order valence-corrected chi connectivity index (χ0v) is 27.3. The van der Waals surface area contributed by atoms with Crippen LogP contribution in [0.25, 0.3) is 22.0 Å². The van der Waals surface area contributed by atoms with Crippen molar-refractivity contribution < 1.29 is 71.7 Å². The van der Waals surface area contributed by atoms with Crippen LogP contribution in [-0.2, 0) is 10.9 Å². The van der Waals surface area contributed by atoms with Crippen LogP contribution in [0.5, 0.6) is 6.01 Å². The standard InChI is InChI=1S/C21H18F6N4O2.C7H11FN.U/c1-9-4-11(28)5-12(16(9)21(25,26)27)15-14(23)6-13-18(17(15)24)29-20(32)30-19(13)31-2-3-33-8-10(22)7-31;8-6-4-7-2-1-3-9(7)5-6;/h4-6,10H,2-3,7-8,28H2,1H3,(H,29,30,32);6H,1-5H2;/q;-1;/t10-;6-;/m11./s1. The zero-order valence-electron chi connectivity index (χ0n) is 23.1. The molecule has 3 aliphatic heterocycles. The Morgan fingerprint density at radius 2 is 1.81 bits per heavy atom. The van der Waals surface area contributed by atoms with Crippen LogP contribution >= 0.6 is 0 Å². The van der Waals surface area contributed by atoms with Crippen LogP contribution in [0.4, 0.5) is 42.2 Å². The molecule has 1 aromatic heterocycles. The van der Waals surface area contributed by atoms with Gasteiger partial charge in [-0.2, -0.15) is 29.6 Å². The van der Waals surface area contributed by atoms with Crippen molar-refractivity contribution in [1.29, 1.82) is 0 Å². The van der Waals surface area contributed by atoms with Crippen molar-refractivity contribution in [2.75, 3.05) is 50.0 Å². The second-order valence-corrected chi connectivity index (χ2v) is 10.6. The number of aromatic nitrogens is 2. The first-order chi connectivity index (χ1) is 19.8. The van der Waals surface area contributed by atoms with E-state index in [1.165, 1.54) is 17.4 Å². The number of benzene rings is 2. The van der Waals surface area contributed by atoms with E-state index in [9.17, 15) is 27.1 Å². The molecule has 0 amide bonds. The number of nitrogen functional groups attached to an aromatic ring is 1. The van der Waals surface area contributed by atoms with Gasteiger partial charge in [-0.25, -0.2) is 23.6 Å². The summed E-state index contributed by atoms with van der Waals surface area (Å²) in [6, 6.07) is 3.09. The Hall–Kier alpha value is -2.34. The minimum Gasteiger partial charge on any atom is -0.479 e. The normalized spacial score (nSPS) is 21.3. The van der Waals surface area contributed by atoms with Gasteiger partial charge in [0.2, 0.25) is 0 Å². The SMILES string of the molecule is Cc1cc(N)cc(-c2c(F)cc3c(N4CCOC[C@H](F)C4)nc(O)nc3c2F)c1C(F)(F)F.F[C@@H]1C[C-]2CCCN2C1.[U]. The van der Waals surface area contributed by atoms with Crippen molar-refractivity contribution in [3.05, 3.63) is 47.0 Å². The second kappa shape index (κ2) is 13.3. The molecule has 0 spiro atoms. The fraction of sp³-hybridized carbons (Fsp3) is 0.464. The molecule has 0 unspecified atom stereocenters. The van der Waals surface area contributed by atoms with Gasteiger partial charge in [-0.05, 0) is 43.8 Å². The molecule has 3 fully saturated rings. The fourth-order valence-electron chi connectivity index (χ4n) is 5.81. The number of alkyl halides is 5. The molecule has 4 heterocycles. The van der Waals surface area contributed by atoms with Crippen LogP contribution in [-0.4, -0.2) is 71.7 Å². The number of hydrogen-bond donors (Lipinski definition) is 2. The Morgan fingerprint density at radius 3 is 2.51 bits per heavy atom. The third kappa shape index (κ3) is 7.16.